The maximum atomic E-state index is 13.3. The van der Waals surface area contributed by atoms with E-state index in [1.54, 1.807) is 17.0 Å². The topological polar surface area (TPSA) is 98.3 Å². The molecule has 33 heavy (non-hydrogen) atoms. The average Bonchev–Trinajstić information content (AvgIpc) is 3.33. The second kappa shape index (κ2) is 8.62. The minimum atomic E-state index is -3.78. The Kier molecular flexibility index (Phi) is 5.80. The Morgan fingerprint density at radius 3 is 2.67 bits per heavy atom. The van der Waals surface area contributed by atoms with Crippen LogP contribution in [0, 0.1) is 0 Å². The fourth-order valence-electron chi connectivity index (χ4n) is 4.82. The van der Waals surface area contributed by atoms with Crippen LogP contribution in [-0.4, -0.2) is 35.7 Å². The molecule has 1 aliphatic heterocycles. The molecule has 1 amide bonds. The predicted molar refractivity (Wildman–Crippen MR) is 129 cm³/mol. The number of nitrogens with two attached hydrogens (primary N) is 1. The van der Waals surface area contributed by atoms with Gasteiger partial charge in [-0.3, -0.25) is 9.36 Å². The van der Waals surface area contributed by atoms with Gasteiger partial charge in [0.2, 0.25) is 15.9 Å². The number of thioether (sulfide) groups is 1. The van der Waals surface area contributed by atoms with Crippen molar-refractivity contribution in [3.05, 3.63) is 65.5 Å². The van der Waals surface area contributed by atoms with Crippen molar-refractivity contribution in [1.29, 1.82) is 0 Å². The molecule has 1 aliphatic carbocycles. The van der Waals surface area contributed by atoms with Crippen LogP contribution in [0.25, 0.3) is 5.69 Å². The number of hydrogen-bond donors (Lipinski definition) is 1. The van der Waals surface area contributed by atoms with Crippen molar-refractivity contribution in [3.63, 3.8) is 0 Å². The van der Waals surface area contributed by atoms with Crippen molar-refractivity contribution < 1.29 is 13.2 Å². The second-order valence-corrected chi connectivity index (χ2v) is 11.1. The molecule has 0 saturated carbocycles. The van der Waals surface area contributed by atoms with Crippen molar-refractivity contribution >= 4 is 33.4 Å². The van der Waals surface area contributed by atoms with Crippen LogP contribution >= 0.6 is 11.8 Å². The van der Waals surface area contributed by atoms with E-state index in [1.807, 2.05) is 25.1 Å². The SMILES string of the molecule is C[C@@H]1Cc2cc(S(N)(=O)=O)ccc2N1C(=O)CSc1nc2c(n1-c1ccccc1)CCCC2. The van der Waals surface area contributed by atoms with Gasteiger partial charge in [-0.05, 0) is 74.9 Å². The number of fused-ring (bicyclic) bond motifs is 2. The van der Waals surface area contributed by atoms with E-state index >= 15 is 0 Å². The molecule has 2 aromatic carbocycles. The first-order chi connectivity index (χ1) is 15.8. The van der Waals surface area contributed by atoms with Crippen molar-refractivity contribution in [2.75, 3.05) is 10.7 Å². The molecule has 0 radical (unpaired) electrons. The van der Waals surface area contributed by atoms with Crippen LogP contribution < -0.4 is 10.0 Å². The third-order valence-electron chi connectivity index (χ3n) is 6.31. The summed E-state index contributed by atoms with van der Waals surface area (Å²) in [6.07, 6.45) is 4.86. The van der Waals surface area contributed by atoms with Gasteiger partial charge in [0.1, 0.15) is 0 Å². The highest BCUT2D eigenvalue weighted by molar-refractivity contribution is 7.99. The third kappa shape index (κ3) is 4.20. The molecule has 0 spiro atoms. The van der Waals surface area contributed by atoms with E-state index in [0.717, 1.165) is 53.5 Å². The minimum absolute atomic E-state index is 0.0183. The van der Waals surface area contributed by atoms with E-state index in [-0.39, 0.29) is 22.6 Å². The predicted octanol–water partition coefficient (Wildman–Crippen LogP) is 3.47. The summed E-state index contributed by atoms with van der Waals surface area (Å²) in [7, 11) is -3.78. The molecule has 2 heterocycles. The zero-order valence-electron chi connectivity index (χ0n) is 18.4. The Balaban J connectivity index is 1.40. The van der Waals surface area contributed by atoms with Crippen LogP contribution in [0.4, 0.5) is 5.69 Å². The number of sulfonamides is 1. The lowest BCUT2D eigenvalue weighted by molar-refractivity contribution is -0.116. The maximum absolute atomic E-state index is 13.3. The van der Waals surface area contributed by atoms with E-state index in [9.17, 15) is 13.2 Å². The molecule has 2 N–H and O–H groups in total. The van der Waals surface area contributed by atoms with Gasteiger partial charge in [-0.25, -0.2) is 18.5 Å². The number of carbonyl (C=O) groups excluding carboxylic acids is 1. The fourth-order valence-corrected chi connectivity index (χ4v) is 6.29. The molecule has 0 unspecified atom stereocenters. The van der Waals surface area contributed by atoms with E-state index in [4.69, 9.17) is 10.1 Å². The van der Waals surface area contributed by atoms with Crippen LogP contribution in [0.5, 0.6) is 0 Å². The van der Waals surface area contributed by atoms with Crippen molar-refractivity contribution in [3.8, 4) is 5.69 Å². The number of benzene rings is 2. The van der Waals surface area contributed by atoms with Gasteiger partial charge in [0.05, 0.1) is 16.3 Å². The number of aromatic nitrogens is 2. The normalized spacial score (nSPS) is 17.6. The molecule has 2 aliphatic rings. The van der Waals surface area contributed by atoms with Crippen molar-refractivity contribution in [2.24, 2.45) is 5.14 Å². The van der Waals surface area contributed by atoms with E-state index in [1.165, 1.54) is 23.5 Å². The quantitative estimate of drug-likeness (QED) is 0.562. The Bertz CT molecular complexity index is 1320. The number of aryl methyl sites for hydroxylation is 1. The van der Waals surface area contributed by atoms with Crippen LogP contribution in [0.15, 0.2) is 58.6 Å². The lowest BCUT2D eigenvalue weighted by Gasteiger charge is -2.22. The smallest absolute Gasteiger partial charge is 0.238 e. The highest BCUT2D eigenvalue weighted by Crippen LogP contribution is 2.35. The highest BCUT2D eigenvalue weighted by Gasteiger charge is 2.32. The number of hydrogen-bond acceptors (Lipinski definition) is 5. The molecular weight excluding hydrogens is 456 g/mol. The molecule has 5 rings (SSSR count). The van der Waals surface area contributed by atoms with E-state index < -0.39 is 10.0 Å². The lowest BCUT2D eigenvalue weighted by atomic mass is 10.0. The zero-order valence-corrected chi connectivity index (χ0v) is 20.0. The molecule has 3 aromatic rings. The summed E-state index contributed by atoms with van der Waals surface area (Å²) in [5, 5.41) is 6.12. The second-order valence-electron chi connectivity index (χ2n) is 8.61. The van der Waals surface area contributed by atoms with Gasteiger partial charge in [0.25, 0.3) is 0 Å². The first kappa shape index (κ1) is 22.2. The molecule has 1 aromatic heterocycles. The molecule has 7 nitrogen and oxygen atoms in total. The standard InChI is InChI=1S/C24H26N4O3S2/c1-16-13-17-14-19(33(25,30)31)11-12-21(17)27(16)23(29)15-32-24-26-20-9-5-6-10-22(20)28(24)18-7-3-2-4-8-18/h2-4,7-8,11-12,14,16H,5-6,9-10,13,15H2,1H3,(H2,25,30,31)/t16-/m1/s1. The van der Waals surface area contributed by atoms with Gasteiger partial charge >= 0.3 is 0 Å². The van der Waals surface area contributed by atoms with Crippen LogP contribution in [0.3, 0.4) is 0 Å². The highest BCUT2D eigenvalue weighted by atomic mass is 32.2. The Morgan fingerprint density at radius 2 is 1.91 bits per heavy atom. The summed E-state index contributed by atoms with van der Waals surface area (Å²) in [5.41, 5.74) is 5.03. The maximum Gasteiger partial charge on any atom is 0.238 e. The molecule has 172 valence electrons. The van der Waals surface area contributed by atoms with Gasteiger partial charge in [0, 0.05) is 23.1 Å². The number of imidazole rings is 1. The van der Waals surface area contributed by atoms with Crippen LogP contribution in [0.1, 0.15) is 36.7 Å². The minimum Gasteiger partial charge on any atom is -0.308 e. The van der Waals surface area contributed by atoms with Crippen LogP contribution in [-0.2, 0) is 34.1 Å². The summed E-state index contributed by atoms with van der Waals surface area (Å²) in [4.78, 5) is 20.0. The van der Waals surface area contributed by atoms with Crippen LogP contribution in [0.2, 0.25) is 0 Å². The number of para-hydroxylation sites is 1. The summed E-state index contributed by atoms with van der Waals surface area (Å²) in [6.45, 7) is 1.98. The fraction of sp³-hybridized carbons (Fsp3) is 0.333. The molecular formula is C24H26N4O3S2. The number of nitrogens with zero attached hydrogens (tertiary/aromatic N) is 3. The molecule has 1 atom stereocenters. The molecule has 0 fully saturated rings. The molecule has 0 saturated heterocycles. The molecule has 9 heteroatoms. The monoisotopic (exact) mass is 482 g/mol. The number of rotatable bonds is 5. The first-order valence-electron chi connectivity index (χ1n) is 11.1. The van der Waals surface area contributed by atoms with Gasteiger partial charge in [-0.1, -0.05) is 30.0 Å². The third-order valence-corrected chi connectivity index (χ3v) is 8.14. The molecule has 0 bridgehead atoms. The summed E-state index contributed by atoms with van der Waals surface area (Å²) in [6, 6.07) is 14.9. The van der Waals surface area contributed by atoms with Gasteiger partial charge in [-0.15, -0.1) is 0 Å². The Hall–Kier alpha value is -2.62. The van der Waals surface area contributed by atoms with Crippen molar-refractivity contribution in [2.45, 2.75) is 55.1 Å². The van der Waals surface area contributed by atoms with Gasteiger partial charge in [0.15, 0.2) is 5.16 Å². The van der Waals surface area contributed by atoms with Crippen molar-refractivity contribution in [1.82, 2.24) is 9.55 Å². The number of primary sulfonamides is 1. The van der Waals surface area contributed by atoms with Gasteiger partial charge < -0.3 is 4.90 Å². The van der Waals surface area contributed by atoms with E-state index in [2.05, 4.69) is 16.7 Å². The Morgan fingerprint density at radius 1 is 1.15 bits per heavy atom. The number of anilines is 1. The summed E-state index contributed by atoms with van der Waals surface area (Å²) >= 11 is 1.46. The average molecular weight is 483 g/mol. The largest absolute Gasteiger partial charge is 0.308 e. The lowest BCUT2D eigenvalue weighted by Crippen LogP contribution is -2.37. The summed E-state index contributed by atoms with van der Waals surface area (Å²) in [5.74, 6) is 0.235. The summed E-state index contributed by atoms with van der Waals surface area (Å²) < 4.78 is 25.6. The van der Waals surface area contributed by atoms with Gasteiger partial charge in [-0.2, -0.15) is 0 Å². The first-order valence-corrected chi connectivity index (χ1v) is 13.6. The number of carbonyl (C=O) groups is 1. The zero-order chi connectivity index (χ0) is 23.2. The number of amides is 1. The Labute approximate surface area is 198 Å². The van der Waals surface area contributed by atoms with E-state index in [0.29, 0.717) is 6.42 Å².